The molecular weight excluding hydrogens is 458 g/mol. The Bertz CT molecular complexity index is 788. The van der Waals surface area contributed by atoms with E-state index in [1.54, 1.807) is 12.1 Å². The molecule has 1 fully saturated rings. The summed E-state index contributed by atoms with van der Waals surface area (Å²) in [5.74, 6) is 2.98. The van der Waals surface area contributed by atoms with Gasteiger partial charge >= 0.3 is 0 Å². The molecule has 0 saturated heterocycles. The minimum Gasteiger partial charge on any atom is -0.355 e. The fourth-order valence-electron chi connectivity index (χ4n) is 2.78. The predicted molar refractivity (Wildman–Crippen MR) is 114 cm³/mol. The van der Waals surface area contributed by atoms with Crippen molar-refractivity contribution in [1.29, 1.82) is 0 Å². The first-order valence-corrected chi connectivity index (χ1v) is 10.5. The molecule has 0 unspecified atom stereocenters. The molecular formula is C18H20BrCl3N4. The van der Waals surface area contributed by atoms with E-state index in [9.17, 15) is 0 Å². The standard InChI is InChI=1S/C18H20BrCl3N4/c1-3-6-26(9-11-4-5-11)18-15(19)17(23-10(2)24-18)25-16-13(21)7-12(20)8-14(16)22/h7-8,11H,3-6,9H2,1-2H3,(H,23,24,25). The molecule has 1 aromatic heterocycles. The summed E-state index contributed by atoms with van der Waals surface area (Å²) in [5.41, 5.74) is 0.576. The molecule has 4 nitrogen and oxygen atoms in total. The molecule has 1 N–H and O–H groups in total. The van der Waals surface area contributed by atoms with Gasteiger partial charge in [-0.1, -0.05) is 41.7 Å². The van der Waals surface area contributed by atoms with E-state index in [4.69, 9.17) is 34.8 Å². The highest BCUT2D eigenvalue weighted by Gasteiger charge is 2.26. The van der Waals surface area contributed by atoms with Crippen LogP contribution in [-0.4, -0.2) is 23.1 Å². The van der Waals surface area contributed by atoms with Crippen LogP contribution in [0, 0.1) is 12.8 Å². The Balaban J connectivity index is 1.96. The van der Waals surface area contributed by atoms with E-state index in [1.807, 2.05) is 6.92 Å². The zero-order valence-corrected chi connectivity index (χ0v) is 18.5. The first-order chi connectivity index (χ1) is 12.4. The Morgan fingerprint density at radius 3 is 2.42 bits per heavy atom. The molecule has 0 radical (unpaired) electrons. The summed E-state index contributed by atoms with van der Waals surface area (Å²) in [5, 5.41) is 4.61. The van der Waals surface area contributed by atoms with Gasteiger partial charge in [0.15, 0.2) is 5.82 Å². The molecule has 0 atom stereocenters. The first kappa shape index (κ1) is 20.0. The van der Waals surface area contributed by atoms with Gasteiger partial charge in [0.25, 0.3) is 0 Å². The lowest BCUT2D eigenvalue weighted by Gasteiger charge is -2.25. The number of nitrogens with zero attached hydrogens (tertiary/aromatic N) is 3. The predicted octanol–water partition coefficient (Wildman–Crippen LogP) is 6.88. The molecule has 26 heavy (non-hydrogen) atoms. The molecule has 1 aromatic carbocycles. The minimum absolute atomic E-state index is 0.440. The number of benzene rings is 1. The van der Waals surface area contributed by atoms with Gasteiger partial charge in [0, 0.05) is 18.1 Å². The van der Waals surface area contributed by atoms with Crippen LogP contribution in [0.2, 0.25) is 15.1 Å². The number of hydrogen-bond acceptors (Lipinski definition) is 4. The summed E-state index contributed by atoms with van der Waals surface area (Å²) in [7, 11) is 0. The Hall–Kier alpha value is -0.750. The minimum atomic E-state index is 0.440. The molecule has 1 saturated carbocycles. The van der Waals surface area contributed by atoms with Crippen molar-refractivity contribution >= 4 is 68.1 Å². The quantitative estimate of drug-likeness (QED) is 0.471. The van der Waals surface area contributed by atoms with Crippen molar-refractivity contribution in [2.24, 2.45) is 5.92 Å². The number of anilines is 3. The van der Waals surface area contributed by atoms with Gasteiger partial charge in [-0.05, 0) is 60.2 Å². The van der Waals surface area contributed by atoms with E-state index in [0.717, 1.165) is 35.7 Å². The molecule has 140 valence electrons. The third kappa shape index (κ3) is 4.75. The zero-order valence-electron chi connectivity index (χ0n) is 14.6. The average molecular weight is 479 g/mol. The Kier molecular flexibility index (Phi) is 6.54. The molecule has 0 amide bonds. The molecule has 8 heteroatoms. The van der Waals surface area contributed by atoms with Gasteiger partial charge in [0.05, 0.1) is 15.7 Å². The van der Waals surface area contributed by atoms with Crippen LogP contribution in [0.25, 0.3) is 0 Å². The Labute approximate surface area is 177 Å². The fraction of sp³-hybridized carbons (Fsp3) is 0.444. The molecule has 1 aliphatic rings. The second-order valence-corrected chi connectivity index (χ2v) is 8.56. The van der Waals surface area contributed by atoms with Crippen molar-refractivity contribution in [1.82, 2.24) is 9.97 Å². The normalized spacial score (nSPS) is 13.8. The molecule has 3 rings (SSSR count). The number of rotatable bonds is 7. The number of aromatic nitrogens is 2. The van der Waals surface area contributed by atoms with E-state index in [-0.39, 0.29) is 0 Å². The Morgan fingerprint density at radius 1 is 1.19 bits per heavy atom. The van der Waals surface area contributed by atoms with Crippen LogP contribution in [0.15, 0.2) is 16.6 Å². The third-order valence-electron chi connectivity index (χ3n) is 4.16. The van der Waals surface area contributed by atoms with Crippen molar-refractivity contribution in [2.75, 3.05) is 23.3 Å². The zero-order chi connectivity index (χ0) is 18.8. The van der Waals surface area contributed by atoms with E-state index < -0.39 is 0 Å². The highest BCUT2D eigenvalue weighted by molar-refractivity contribution is 9.10. The molecule has 1 aliphatic carbocycles. The molecule has 1 heterocycles. The van der Waals surface area contributed by atoms with E-state index in [1.165, 1.54) is 12.8 Å². The van der Waals surface area contributed by atoms with Gasteiger partial charge < -0.3 is 10.2 Å². The SMILES string of the molecule is CCCN(CC1CC1)c1nc(C)nc(Nc2c(Cl)cc(Cl)cc2Cl)c1Br. The van der Waals surface area contributed by atoms with Crippen LogP contribution in [0.4, 0.5) is 17.3 Å². The summed E-state index contributed by atoms with van der Waals surface area (Å²) < 4.78 is 0.805. The van der Waals surface area contributed by atoms with Gasteiger partial charge in [0.2, 0.25) is 0 Å². The molecule has 0 bridgehead atoms. The van der Waals surface area contributed by atoms with Gasteiger partial charge in [0.1, 0.15) is 16.1 Å². The van der Waals surface area contributed by atoms with Crippen LogP contribution in [0.5, 0.6) is 0 Å². The lowest BCUT2D eigenvalue weighted by atomic mass is 10.3. The van der Waals surface area contributed by atoms with Gasteiger partial charge in [-0.15, -0.1) is 0 Å². The summed E-state index contributed by atoms with van der Waals surface area (Å²) >= 11 is 22.3. The average Bonchev–Trinajstić information content (AvgIpc) is 3.37. The maximum atomic E-state index is 6.31. The largest absolute Gasteiger partial charge is 0.355 e. The molecule has 0 spiro atoms. The highest BCUT2D eigenvalue weighted by Crippen LogP contribution is 2.40. The van der Waals surface area contributed by atoms with Crippen LogP contribution in [-0.2, 0) is 0 Å². The number of aryl methyl sites for hydroxylation is 1. The van der Waals surface area contributed by atoms with Gasteiger partial charge in [-0.25, -0.2) is 9.97 Å². The number of nitrogens with one attached hydrogen (secondary N) is 1. The van der Waals surface area contributed by atoms with E-state index in [2.05, 4.69) is 43.0 Å². The smallest absolute Gasteiger partial charge is 0.150 e. The van der Waals surface area contributed by atoms with Crippen molar-refractivity contribution in [3.63, 3.8) is 0 Å². The van der Waals surface area contributed by atoms with Gasteiger partial charge in [-0.2, -0.15) is 0 Å². The third-order valence-corrected chi connectivity index (χ3v) is 5.71. The lowest BCUT2D eigenvalue weighted by molar-refractivity contribution is 0.695. The topological polar surface area (TPSA) is 41.1 Å². The van der Waals surface area contributed by atoms with E-state index >= 15 is 0 Å². The van der Waals surface area contributed by atoms with Crippen LogP contribution in [0.3, 0.4) is 0 Å². The lowest BCUT2D eigenvalue weighted by Crippen LogP contribution is -2.28. The molecule has 2 aromatic rings. The maximum absolute atomic E-state index is 6.31. The van der Waals surface area contributed by atoms with Crippen molar-refractivity contribution in [3.05, 3.63) is 37.5 Å². The van der Waals surface area contributed by atoms with E-state index in [0.29, 0.717) is 32.4 Å². The van der Waals surface area contributed by atoms with Crippen LogP contribution < -0.4 is 10.2 Å². The van der Waals surface area contributed by atoms with Crippen LogP contribution >= 0.6 is 50.7 Å². The van der Waals surface area contributed by atoms with Crippen molar-refractivity contribution in [2.45, 2.75) is 33.1 Å². The van der Waals surface area contributed by atoms with Crippen molar-refractivity contribution in [3.8, 4) is 0 Å². The summed E-state index contributed by atoms with van der Waals surface area (Å²) in [6.45, 7) is 6.03. The number of hydrogen-bond donors (Lipinski definition) is 1. The summed E-state index contributed by atoms with van der Waals surface area (Å²) in [4.78, 5) is 11.5. The summed E-state index contributed by atoms with van der Waals surface area (Å²) in [6.07, 6.45) is 3.64. The number of halogens is 4. The van der Waals surface area contributed by atoms with Crippen molar-refractivity contribution < 1.29 is 0 Å². The monoisotopic (exact) mass is 476 g/mol. The Morgan fingerprint density at radius 2 is 1.85 bits per heavy atom. The van der Waals surface area contributed by atoms with Crippen LogP contribution in [0.1, 0.15) is 32.0 Å². The maximum Gasteiger partial charge on any atom is 0.150 e. The first-order valence-electron chi connectivity index (χ1n) is 8.59. The highest BCUT2D eigenvalue weighted by atomic mass is 79.9. The van der Waals surface area contributed by atoms with Gasteiger partial charge in [-0.3, -0.25) is 0 Å². The molecule has 0 aliphatic heterocycles. The fourth-order valence-corrected chi connectivity index (χ4v) is 4.22. The second kappa shape index (κ2) is 8.51. The second-order valence-electron chi connectivity index (χ2n) is 6.52. The summed E-state index contributed by atoms with van der Waals surface area (Å²) in [6, 6.07) is 3.30.